The quantitative estimate of drug-likeness (QED) is 0.573. The van der Waals surface area contributed by atoms with Gasteiger partial charge < -0.3 is 0 Å². The van der Waals surface area contributed by atoms with Crippen molar-refractivity contribution >= 4 is 12.5 Å². The minimum absolute atomic E-state index is 0.704. The number of nitrogens with zero attached hydrogens (tertiary/aromatic N) is 2. The molecular weight excluding hydrogens is 200 g/mol. The van der Waals surface area contributed by atoms with Gasteiger partial charge in [0.25, 0.3) is 0 Å². The van der Waals surface area contributed by atoms with E-state index >= 15 is 0 Å². The van der Waals surface area contributed by atoms with Crippen LogP contribution in [0.25, 0.3) is 0 Å². The van der Waals surface area contributed by atoms with Crippen LogP contribution in [-0.4, -0.2) is 30.6 Å². The molecule has 1 aromatic rings. The summed E-state index contributed by atoms with van der Waals surface area (Å²) in [6, 6.07) is 7.45. The Labute approximate surface area is 95.8 Å². The van der Waals surface area contributed by atoms with Crippen LogP contribution in [0.5, 0.6) is 0 Å². The van der Waals surface area contributed by atoms with Gasteiger partial charge in [0.05, 0.1) is 6.21 Å². The van der Waals surface area contributed by atoms with E-state index in [4.69, 9.17) is 0 Å². The lowest BCUT2D eigenvalue weighted by atomic mass is 10.1. The molecule has 0 bridgehead atoms. The second-order valence-corrected chi connectivity index (χ2v) is 4.04. The van der Waals surface area contributed by atoms with Crippen molar-refractivity contribution in [2.24, 2.45) is 5.10 Å². The molecule has 16 heavy (non-hydrogen) atoms. The minimum Gasteiger partial charge on any atom is -0.298 e. The summed E-state index contributed by atoms with van der Waals surface area (Å²) in [5.41, 5.74) is 1.74. The lowest BCUT2D eigenvalue weighted by Gasteiger charge is -2.23. The third kappa shape index (κ3) is 2.92. The summed E-state index contributed by atoms with van der Waals surface area (Å²) in [4.78, 5) is 10.5. The Hall–Kier alpha value is -1.64. The largest absolute Gasteiger partial charge is 0.298 e. The van der Waals surface area contributed by atoms with Gasteiger partial charge in [-0.1, -0.05) is 24.3 Å². The van der Waals surface area contributed by atoms with Gasteiger partial charge in [-0.25, -0.2) is 0 Å². The smallest absolute Gasteiger partial charge is 0.150 e. The van der Waals surface area contributed by atoms with Crippen molar-refractivity contribution in [1.29, 1.82) is 0 Å². The first-order valence-electron chi connectivity index (χ1n) is 5.73. The molecule has 0 amide bonds. The van der Waals surface area contributed by atoms with Gasteiger partial charge in [0.15, 0.2) is 0 Å². The number of benzene rings is 1. The summed E-state index contributed by atoms with van der Waals surface area (Å²) in [6.07, 6.45) is 6.51. The average Bonchev–Trinajstić information content (AvgIpc) is 2.38. The number of carbonyl (C=O) groups is 1. The van der Waals surface area contributed by atoms with E-state index in [1.807, 2.05) is 30.5 Å². The molecule has 0 N–H and O–H groups in total. The van der Waals surface area contributed by atoms with Crippen LogP contribution in [0.2, 0.25) is 0 Å². The maximum Gasteiger partial charge on any atom is 0.150 e. The minimum atomic E-state index is 0.704. The van der Waals surface area contributed by atoms with Gasteiger partial charge in [0.2, 0.25) is 0 Å². The third-order valence-electron chi connectivity index (χ3n) is 2.78. The van der Waals surface area contributed by atoms with Crippen LogP contribution in [0.4, 0.5) is 0 Å². The van der Waals surface area contributed by atoms with Gasteiger partial charge in [0, 0.05) is 18.7 Å². The fourth-order valence-corrected chi connectivity index (χ4v) is 1.80. The maximum atomic E-state index is 10.5. The van der Waals surface area contributed by atoms with Crippen molar-refractivity contribution in [1.82, 2.24) is 5.01 Å². The van der Waals surface area contributed by atoms with Gasteiger partial charge in [0.1, 0.15) is 6.29 Å². The number of hydrogen-bond acceptors (Lipinski definition) is 3. The average molecular weight is 216 g/mol. The predicted molar refractivity (Wildman–Crippen MR) is 64.8 cm³/mol. The van der Waals surface area contributed by atoms with Crippen molar-refractivity contribution < 1.29 is 4.79 Å². The summed E-state index contributed by atoms with van der Waals surface area (Å²) in [7, 11) is 0. The molecule has 3 nitrogen and oxygen atoms in total. The fraction of sp³-hybridized carbons (Fsp3) is 0.385. The summed E-state index contributed by atoms with van der Waals surface area (Å²) in [5, 5.41) is 6.54. The molecule has 1 aliphatic heterocycles. The van der Waals surface area contributed by atoms with E-state index in [0.29, 0.717) is 5.56 Å². The Morgan fingerprint density at radius 2 is 1.62 bits per heavy atom. The number of aldehydes is 1. The fourth-order valence-electron chi connectivity index (χ4n) is 1.80. The Morgan fingerprint density at radius 1 is 1.00 bits per heavy atom. The predicted octanol–water partition coefficient (Wildman–Crippen LogP) is 2.32. The van der Waals surface area contributed by atoms with Gasteiger partial charge in [-0.3, -0.25) is 9.80 Å². The molecule has 0 saturated carbocycles. The van der Waals surface area contributed by atoms with Crippen LogP contribution in [-0.2, 0) is 0 Å². The Bertz CT molecular complexity index is 364. The van der Waals surface area contributed by atoms with Crippen LogP contribution in [0.1, 0.15) is 35.2 Å². The van der Waals surface area contributed by atoms with E-state index in [9.17, 15) is 4.79 Å². The van der Waals surface area contributed by atoms with Gasteiger partial charge >= 0.3 is 0 Å². The molecule has 1 aromatic carbocycles. The zero-order valence-corrected chi connectivity index (χ0v) is 9.30. The van der Waals surface area contributed by atoms with E-state index in [2.05, 4.69) is 10.1 Å². The zero-order chi connectivity index (χ0) is 11.2. The Kier molecular flexibility index (Phi) is 3.70. The highest BCUT2D eigenvalue weighted by Gasteiger charge is 2.05. The topological polar surface area (TPSA) is 32.7 Å². The van der Waals surface area contributed by atoms with Crippen molar-refractivity contribution in [3.8, 4) is 0 Å². The van der Waals surface area contributed by atoms with Crippen LogP contribution in [0.15, 0.2) is 29.4 Å². The number of hydrogen-bond donors (Lipinski definition) is 0. The highest BCUT2D eigenvalue weighted by molar-refractivity contribution is 5.82. The van der Waals surface area contributed by atoms with Crippen molar-refractivity contribution in [2.75, 3.05) is 13.1 Å². The molecule has 2 rings (SSSR count). The highest BCUT2D eigenvalue weighted by Crippen LogP contribution is 2.08. The molecule has 1 aliphatic rings. The number of piperidine rings is 1. The number of carbonyl (C=O) groups excluding carboxylic acids is 1. The van der Waals surface area contributed by atoms with Gasteiger partial charge in [-0.05, 0) is 24.8 Å². The maximum absolute atomic E-state index is 10.5. The lowest BCUT2D eigenvalue weighted by Crippen LogP contribution is -2.24. The molecule has 1 fully saturated rings. The van der Waals surface area contributed by atoms with Crippen molar-refractivity contribution in [3.05, 3.63) is 35.4 Å². The summed E-state index contributed by atoms with van der Waals surface area (Å²) in [6.45, 7) is 2.12. The Balaban J connectivity index is 1.96. The monoisotopic (exact) mass is 216 g/mol. The number of rotatable bonds is 3. The second kappa shape index (κ2) is 5.45. The molecule has 84 valence electrons. The van der Waals surface area contributed by atoms with E-state index in [-0.39, 0.29) is 0 Å². The SMILES string of the molecule is O=Cc1ccc(C=NN2CCCCC2)cc1. The summed E-state index contributed by atoms with van der Waals surface area (Å²) >= 11 is 0. The lowest BCUT2D eigenvalue weighted by molar-refractivity contribution is 0.112. The molecule has 1 heterocycles. The van der Waals surface area contributed by atoms with E-state index in [1.165, 1.54) is 19.3 Å². The molecule has 0 aliphatic carbocycles. The molecule has 0 spiro atoms. The molecular formula is C13H16N2O. The summed E-state index contributed by atoms with van der Waals surface area (Å²) < 4.78 is 0. The first-order valence-corrected chi connectivity index (χ1v) is 5.73. The summed E-state index contributed by atoms with van der Waals surface area (Å²) in [5.74, 6) is 0. The first kappa shape index (κ1) is 10.9. The van der Waals surface area contributed by atoms with Gasteiger partial charge in [-0.2, -0.15) is 5.10 Å². The van der Waals surface area contributed by atoms with E-state index in [1.54, 1.807) is 0 Å². The molecule has 0 atom stereocenters. The van der Waals surface area contributed by atoms with Crippen LogP contribution in [0.3, 0.4) is 0 Å². The molecule has 0 radical (unpaired) electrons. The molecule has 3 heteroatoms. The van der Waals surface area contributed by atoms with Crippen LogP contribution >= 0.6 is 0 Å². The van der Waals surface area contributed by atoms with Crippen LogP contribution in [0, 0.1) is 0 Å². The van der Waals surface area contributed by atoms with Crippen LogP contribution < -0.4 is 0 Å². The van der Waals surface area contributed by atoms with Crippen molar-refractivity contribution in [3.63, 3.8) is 0 Å². The normalized spacial score (nSPS) is 16.6. The Morgan fingerprint density at radius 3 is 2.25 bits per heavy atom. The number of hydrazone groups is 1. The zero-order valence-electron chi connectivity index (χ0n) is 9.30. The third-order valence-corrected chi connectivity index (χ3v) is 2.78. The second-order valence-electron chi connectivity index (χ2n) is 4.04. The standard InChI is InChI=1S/C13H16N2O/c16-11-13-6-4-12(5-7-13)10-14-15-8-2-1-3-9-15/h4-7,10-11H,1-3,8-9H2. The van der Waals surface area contributed by atoms with Crippen molar-refractivity contribution in [2.45, 2.75) is 19.3 Å². The first-order chi connectivity index (χ1) is 7.88. The molecule has 1 saturated heterocycles. The van der Waals surface area contributed by atoms with E-state index in [0.717, 1.165) is 24.9 Å². The molecule has 0 aromatic heterocycles. The molecule has 0 unspecified atom stereocenters. The highest BCUT2D eigenvalue weighted by atomic mass is 16.1. The van der Waals surface area contributed by atoms with Gasteiger partial charge in [-0.15, -0.1) is 0 Å². The van der Waals surface area contributed by atoms with E-state index < -0.39 is 0 Å².